The molecule has 1 heterocycles. The first kappa shape index (κ1) is 13.8. The van der Waals surface area contributed by atoms with E-state index in [2.05, 4.69) is 40.1 Å². The van der Waals surface area contributed by atoms with Crippen LogP contribution in [0.2, 0.25) is 0 Å². The van der Waals surface area contributed by atoms with Gasteiger partial charge in [0.2, 0.25) is 0 Å². The van der Waals surface area contributed by atoms with E-state index in [1.54, 1.807) is 11.8 Å². The Bertz CT molecular complexity index is 507. The van der Waals surface area contributed by atoms with Crippen LogP contribution in [-0.2, 0) is 0 Å². The minimum atomic E-state index is -0.621. The van der Waals surface area contributed by atoms with E-state index in [0.717, 1.165) is 18.2 Å². The standard InChI is InChI=1S/C12H13BrF2N2S/c1-3-12(2)6-18-11(17-12)16-10-4-7(13)8(14)5-9(10)15/h4-5H,3,6H2,1-2H3,(H,16,17). The third-order valence-electron chi connectivity index (χ3n) is 2.90. The zero-order valence-electron chi connectivity index (χ0n) is 10.1. The van der Waals surface area contributed by atoms with E-state index in [-0.39, 0.29) is 15.7 Å². The molecule has 0 amide bonds. The maximum absolute atomic E-state index is 13.6. The van der Waals surface area contributed by atoms with Gasteiger partial charge in [-0.25, -0.2) is 8.78 Å². The Morgan fingerprint density at radius 3 is 2.78 bits per heavy atom. The molecule has 2 rings (SSSR count). The summed E-state index contributed by atoms with van der Waals surface area (Å²) in [6.07, 6.45) is 0.931. The summed E-state index contributed by atoms with van der Waals surface area (Å²) in [6.45, 7) is 4.13. The molecule has 1 N–H and O–H groups in total. The van der Waals surface area contributed by atoms with Crippen molar-refractivity contribution in [2.45, 2.75) is 25.8 Å². The van der Waals surface area contributed by atoms with Gasteiger partial charge in [-0.15, -0.1) is 0 Å². The smallest absolute Gasteiger partial charge is 0.161 e. The number of benzene rings is 1. The Balaban J connectivity index is 2.21. The third-order valence-corrected chi connectivity index (χ3v) is 4.75. The summed E-state index contributed by atoms with van der Waals surface area (Å²) in [4.78, 5) is 4.52. The monoisotopic (exact) mass is 334 g/mol. The first-order valence-corrected chi connectivity index (χ1v) is 7.35. The average molecular weight is 335 g/mol. The zero-order valence-corrected chi connectivity index (χ0v) is 12.5. The van der Waals surface area contributed by atoms with Gasteiger partial charge in [-0.05, 0) is 35.3 Å². The Labute approximate surface area is 117 Å². The number of hydrogen-bond donors (Lipinski definition) is 1. The van der Waals surface area contributed by atoms with Gasteiger partial charge in [0.1, 0.15) is 11.6 Å². The van der Waals surface area contributed by atoms with Crippen LogP contribution in [0, 0.1) is 11.6 Å². The summed E-state index contributed by atoms with van der Waals surface area (Å²) in [6, 6.07) is 2.24. The highest BCUT2D eigenvalue weighted by Crippen LogP contribution is 2.32. The van der Waals surface area contributed by atoms with E-state index < -0.39 is 11.6 Å². The Morgan fingerprint density at radius 2 is 2.17 bits per heavy atom. The second-order valence-corrected chi connectivity index (χ2v) is 6.25. The van der Waals surface area contributed by atoms with Crippen molar-refractivity contribution in [2.24, 2.45) is 4.99 Å². The van der Waals surface area contributed by atoms with Gasteiger partial charge < -0.3 is 5.32 Å². The van der Waals surface area contributed by atoms with Crippen LogP contribution in [-0.4, -0.2) is 16.5 Å². The highest BCUT2D eigenvalue weighted by molar-refractivity contribution is 9.10. The number of thioether (sulfide) groups is 1. The molecule has 1 atom stereocenters. The molecule has 0 spiro atoms. The molecular weight excluding hydrogens is 322 g/mol. The number of hydrogen-bond acceptors (Lipinski definition) is 3. The third kappa shape index (κ3) is 2.85. The molecule has 2 nitrogen and oxygen atoms in total. The lowest BCUT2D eigenvalue weighted by molar-refractivity contribution is 0.522. The lowest BCUT2D eigenvalue weighted by Gasteiger charge is -2.15. The van der Waals surface area contributed by atoms with Gasteiger partial charge in [0.05, 0.1) is 15.7 Å². The first-order valence-electron chi connectivity index (χ1n) is 5.58. The second-order valence-electron chi connectivity index (χ2n) is 4.43. The van der Waals surface area contributed by atoms with Crippen LogP contribution in [0.15, 0.2) is 21.6 Å². The summed E-state index contributed by atoms with van der Waals surface area (Å²) in [5.74, 6) is -0.364. The Hall–Kier alpha value is -0.620. The molecule has 0 saturated heterocycles. The zero-order chi connectivity index (χ0) is 13.3. The number of amidine groups is 1. The van der Waals surface area contributed by atoms with Gasteiger partial charge in [0, 0.05) is 11.8 Å². The van der Waals surface area contributed by atoms with Crippen molar-refractivity contribution in [2.75, 3.05) is 11.1 Å². The Morgan fingerprint density at radius 1 is 1.44 bits per heavy atom. The minimum Gasteiger partial charge on any atom is -0.333 e. The number of anilines is 1. The predicted octanol–water partition coefficient (Wildman–Crippen LogP) is 4.41. The fourth-order valence-electron chi connectivity index (χ4n) is 1.51. The van der Waals surface area contributed by atoms with Crippen LogP contribution in [0.4, 0.5) is 14.5 Å². The van der Waals surface area contributed by atoms with Crippen molar-refractivity contribution < 1.29 is 8.78 Å². The van der Waals surface area contributed by atoms with Gasteiger partial charge in [-0.1, -0.05) is 18.7 Å². The van der Waals surface area contributed by atoms with Crippen LogP contribution in [0.5, 0.6) is 0 Å². The highest BCUT2D eigenvalue weighted by atomic mass is 79.9. The van der Waals surface area contributed by atoms with E-state index in [1.165, 1.54) is 6.07 Å². The molecule has 0 fully saturated rings. The average Bonchev–Trinajstić information content (AvgIpc) is 2.69. The van der Waals surface area contributed by atoms with Gasteiger partial charge in [-0.2, -0.15) is 0 Å². The number of nitrogens with one attached hydrogen (secondary N) is 1. The normalized spacial score (nSPS) is 23.1. The molecule has 18 heavy (non-hydrogen) atoms. The van der Waals surface area contributed by atoms with Crippen LogP contribution >= 0.6 is 27.7 Å². The van der Waals surface area contributed by atoms with E-state index in [0.29, 0.717) is 5.17 Å². The SMILES string of the molecule is CCC1(C)CSC(Nc2cc(Br)c(F)cc2F)=N1. The van der Waals surface area contributed by atoms with Crippen LogP contribution in [0.25, 0.3) is 0 Å². The number of halogens is 3. The molecule has 1 unspecified atom stereocenters. The van der Waals surface area contributed by atoms with Crippen LogP contribution in [0.3, 0.4) is 0 Å². The lowest BCUT2D eigenvalue weighted by atomic mass is 10.0. The van der Waals surface area contributed by atoms with Gasteiger partial charge in [0.15, 0.2) is 5.17 Å². The van der Waals surface area contributed by atoms with Gasteiger partial charge >= 0.3 is 0 Å². The summed E-state index contributed by atoms with van der Waals surface area (Å²) in [7, 11) is 0. The quantitative estimate of drug-likeness (QED) is 0.810. The fraction of sp³-hybridized carbons (Fsp3) is 0.417. The van der Waals surface area contributed by atoms with Crippen LogP contribution in [0.1, 0.15) is 20.3 Å². The molecule has 1 aliphatic heterocycles. The molecule has 1 aliphatic rings. The van der Waals surface area contributed by atoms with Crippen molar-refractivity contribution in [3.63, 3.8) is 0 Å². The Kier molecular flexibility index (Phi) is 3.96. The summed E-state index contributed by atoms with van der Waals surface area (Å²) < 4.78 is 26.9. The van der Waals surface area contributed by atoms with Gasteiger partial charge in [-0.3, -0.25) is 4.99 Å². The summed E-state index contributed by atoms with van der Waals surface area (Å²) in [5, 5.41) is 3.59. The van der Waals surface area contributed by atoms with Crippen molar-refractivity contribution in [1.29, 1.82) is 0 Å². The maximum Gasteiger partial charge on any atom is 0.161 e. The highest BCUT2D eigenvalue weighted by Gasteiger charge is 2.29. The van der Waals surface area contributed by atoms with E-state index in [1.807, 2.05) is 0 Å². The van der Waals surface area contributed by atoms with Crippen molar-refractivity contribution in [3.8, 4) is 0 Å². The molecule has 0 radical (unpaired) electrons. The summed E-state index contributed by atoms with van der Waals surface area (Å²) >= 11 is 4.59. The van der Waals surface area contributed by atoms with Crippen molar-refractivity contribution in [1.82, 2.24) is 0 Å². The number of rotatable bonds is 2. The molecule has 0 bridgehead atoms. The second kappa shape index (κ2) is 5.17. The van der Waals surface area contributed by atoms with Crippen molar-refractivity contribution >= 4 is 38.5 Å². The van der Waals surface area contributed by atoms with E-state index in [4.69, 9.17) is 0 Å². The molecule has 1 aromatic rings. The number of nitrogens with zero attached hydrogens (tertiary/aromatic N) is 1. The molecule has 1 aromatic carbocycles. The molecular formula is C12H13BrF2N2S. The predicted molar refractivity (Wildman–Crippen MR) is 76.3 cm³/mol. The van der Waals surface area contributed by atoms with E-state index >= 15 is 0 Å². The molecule has 98 valence electrons. The first-order chi connectivity index (χ1) is 8.43. The number of aliphatic imine (C=N–C) groups is 1. The topological polar surface area (TPSA) is 24.4 Å². The van der Waals surface area contributed by atoms with Crippen LogP contribution < -0.4 is 5.32 Å². The lowest BCUT2D eigenvalue weighted by Crippen LogP contribution is -2.20. The largest absolute Gasteiger partial charge is 0.333 e. The molecule has 0 saturated carbocycles. The summed E-state index contributed by atoms with van der Waals surface area (Å²) in [5.41, 5.74) is 0.135. The molecule has 0 aromatic heterocycles. The van der Waals surface area contributed by atoms with E-state index in [9.17, 15) is 8.78 Å². The van der Waals surface area contributed by atoms with Gasteiger partial charge in [0.25, 0.3) is 0 Å². The minimum absolute atomic E-state index is 0.0965. The molecule has 0 aliphatic carbocycles. The fourth-order valence-corrected chi connectivity index (χ4v) is 3.04. The molecule has 6 heteroatoms. The van der Waals surface area contributed by atoms with Crippen molar-refractivity contribution in [3.05, 3.63) is 28.2 Å². The maximum atomic E-state index is 13.6.